The van der Waals surface area contributed by atoms with Gasteiger partial charge in [-0.15, -0.1) is 0 Å². The topological polar surface area (TPSA) is 89.8 Å². The zero-order valence-corrected chi connectivity index (χ0v) is 9.84. The van der Waals surface area contributed by atoms with Crippen LogP contribution < -0.4 is 5.32 Å². The molecule has 0 aliphatic carbocycles. The highest BCUT2D eigenvalue weighted by molar-refractivity contribution is 5.99. The van der Waals surface area contributed by atoms with E-state index in [2.05, 4.69) is 5.32 Å². The molecule has 0 saturated heterocycles. The van der Waals surface area contributed by atoms with Crippen molar-refractivity contribution in [3.8, 4) is 11.5 Å². The van der Waals surface area contributed by atoms with Gasteiger partial charge < -0.3 is 20.6 Å². The Morgan fingerprint density at radius 1 is 1.29 bits per heavy atom. The number of aliphatic hydroxyl groups excluding tert-OH is 1. The van der Waals surface area contributed by atoms with E-state index in [1.165, 1.54) is 18.2 Å². The molecule has 0 aromatic heterocycles. The van der Waals surface area contributed by atoms with E-state index in [9.17, 15) is 15.0 Å². The summed E-state index contributed by atoms with van der Waals surface area (Å²) in [4.78, 5) is 11.8. The van der Waals surface area contributed by atoms with Crippen LogP contribution >= 0.6 is 0 Å². The first-order valence-corrected chi connectivity index (χ1v) is 5.40. The van der Waals surface area contributed by atoms with Crippen molar-refractivity contribution in [1.29, 1.82) is 0 Å². The lowest BCUT2D eigenvalue weighted by molar-refractivity contribution is 0.0891. The number of carbonyl (C=O) groups excluding carboxylic acids is 1. The Kier molecular flexibility index (Phi) is 4.34. The van der Waals surface area contributed by atoms with Crippen LogP contribution in [0.15, 0.2) is 18.2 Å². The van der Waals surface area contributed by atoms with Crippen LogP contribution in [0.1, 0.15) is 24.2 Å². The number of hydrogen-bond donors (Lipinski definition) is 4. The van der Waals surface area contributed by atoms with Gasteiger partial charge in [0.15, 0.2) is 0 Å². The Morgan fingerprint density at radius 3 is 2.24 bits per heavy atom. The maximum absolute atomic E-state index is 11.8. The molecule has 1 aromatic rings. The van der Waals surface area contributed by atoms with E-state index in [1.54, 1.807) is 0 Å². The molecule has 0 bridgehead atoms. The summed E-state index contributed by atoms with van der Waals surface area (Å²) in [5, 5.41) is 30.7. The summed E-state index contributed by atoms with van der Waals surface area (Å²) in [5.74, 6) is -1.13. The van der Waals surface area contributed by atoms with E-state index in [0.29, 0.717) is 0 Å². The second-order valence-electron chi connectivity index (χ2n) is 4.18. The maximum atomic E-state index is 11.8. The zero-order chi connectivity index (χ0) is 13.0. The first-order chi connectivity index (χ1) is 7.97. The molecule has 5 heteroatoms. The first-order valence-electron chi connectivity index (χ1n) is 5.40. The average molecular weight is 239 g/mol. The third-order valence-electron chi connectivity index (χ3n) is 2.57. The molecule has 0 spiro atoms. The molecule has 17 heavy (non-hydrogen) atoms. The number of aromatic hydroxyl groups is 2. The Hall–Kier alpha value is -1.75. The number of benzene rings is 1. The highest BCUT2D eigenvalue weighted by atomic mass is 16.3. The fraction of sp³-hybridized carbons (Fsp3) is 0.417. The largest absolute Gasteiger partial charge is 0.507 e. The van der Waals surface area contributed by atoms with Crippen molar-refractivity contribution in [3.63, 3.8) is 0 Å². The van der Waals surface area contributed by atoms with Gasteiger partial charge in [0, 0.05) is 0 Å². The smallest absolute Gasteiger partial charge is 0.259 e. The quantitative estimate of drug-likeness (QED) is 0.627. The molecule has 5 nitrogen and oxygen atoms in total. The molecule has 0 fully saturated rings. The molecular formula is C12H17NO4. The van der Waals surface area contributed by atoms with Crippen LogP contribution in [-0.4, -0.2) is 33.9 Å². The van der Waals surface area contributed by atoms with Crippen LogP contribution in [0.2, 0.25) is 0 Å². The number of carbonyl (C=O) groups is 1. The predicted octanol–water partition coefficient (Wildman–Crippen LogP) is 0.844. The SMILES string of the molecule is CC(C)[C@@H](CO)NC(=O)c1c(O)cccc1O. The highest BCUT2D eigenvalue weighted by Crippen LogP contribution is 2.26. The van der Waals surface area contributed by atoms with Crippen LogP contribution in [0.4, 0.5) is 0 Å². The van der Waals surface area contributed by atoms with Crippen molar-refractivity contribution in [2.45, 2.75) is 19.9 Å². The van der Waals surface area contributed by atoms with Gasteiger partial charge >= 0.3 is 0 Å². The molecule has 1 rings (SSSR count). The number of nitrogens with one attached hydrogen (secondary N) is 1. The number of amides is 1. The van der Waals surface area contributed by atoms with Gasteiger partial charge in [-0.2, -0.15) is 0 Å². The summed E-state index contributed by atoms with van der Waals surface area (Å²) in [7, 11) is 0. The predicted molar refractivity (Wildman–Crippen MR) is 62.9 cm³/mol. The third-order valence-corrected chi connectivity index (χ3v) is 2.57. The van der Waals surface area contributed by atoms with Crippen LogP contribution in [0.5, 0.6) is 11.5 Å². The Bertz CT molecular complexity index is 383. The molecule has 94 valence electrons. The lowest BCUT2D eigenvalue weighted by Crippen LogP contribution is -2.41. The van der Waals surface area contributed by atoms with Gasteiger partial charge in [0.1, 0.15) is 17.1 Å². The second kappa shape index (κ2) is 5.54. The van der Waals surface area contributed by atoms with Gasteiger partial charge in [-0.3, -0.25) is 4.79 Å². The molecule has 0 saturated carbocycles. The minimum absolute atomic E-state index is 0.0527. The summed E-state index contributed by atoms with van der Waals surface area (Å²) < 4.78 is 0. The van der Waals surface area contributed by atoms with Crippen molar-refractivity contribution in [1.82, 2.24) is 5.32 Å². The van der Waals surface area contributed by atoms with Crippen molar-refractivity contribution >= 4 is 5.91 Å². The second-order valence-corrected chi connectivity index (χ2v) is 4.18. The monoisotopic (exact) mass is 239 g/mol. The van der Waals surface area contributed by atoms with Crippen LogP contribution in [0, 0.1) is 5.92 Å². The van der Waals surface area contributed by atoms with Crippen LogP contribution in [0.25, 0.3) is 0 Å². The number of aliphatic hydroxyl groups is 1. The molecule has 0 aliphatic heterocycles. The van der Waals surface area contributed by atoms with E-state index in [4.69, 9.17) is 5.11 Å². The minimum Gasteiger partial charge on any atom is -0.507 e. The molecule has 1 aromatic carbocycles. The first kappa shape index (κ1) is 13.3. The van der Waals surface area contributed by atoms with Gasteiger partial charge in [-0.05, 0) is 18.1 Å². The fourth-order valence-corrected chi connectivity index (χ4v) is 1.42. The van der Waals surface area contributed by atoms with Crippen LogP contribution in [-0.2, 0) is 0 Å². The van der Waals surface area contributed by atoms with Gasteiger partial charge in [0.05, 0.1) is 12.6 Å². The summed E-state index contributed by atoms with van der Waals surface area (Å²) in [6.07, 6.45) is 0. The molecule has 0 radical (unpaired) electrons. The van der Waals surface area contributed by atoms with Crippen molar-refractivity contribution < 1.29 is 20.1 Å². The van der Waals surface area contributed by atoms with Crippen molar-refractivity contribution in [3.05, 3.63) is 23.8 Å². The summed E-state index contributed by atoms with van der Waals surface area (Å²) in [6, 6.07) is 3.66. The molecule has 1 amide bonds. The Labute approximate surface area is 99.7 Å². The standard InChI is InChI=1S/C12H17NO4/c1-7(2)8(6-14)13-12(17)11-9(15)4-3-5-10(11)16/h3-5,7-8,14-16H,6H2,1-2H3,(H,13,17)/t8-/m1/s1. The number of phenols is 2. The molecule has 0 heterocycles. The van der Waals surface area contributed by atoms with Crippen molar-refractivity contribution in [2.24, 2.45) is 5.92 Å². The number of rotatable bonds is 4. The summed E-state index contributed by atoms with van der Waals surface area (Å²) >= 11 is 0. The fourth-order valence-electron chi connectivity index (χ4n) is 1.42. The molecule has 0 unspecified atom stereocenters. The molecule has 0 aliphatic rings. The summed E-state index contributed by atoms with van der Waals surface area (Å²) in [6.45, 7) is 3.51. The van der Waals surface area contributed by atoms with Crippen molar-refractivity contribution in [2.75, 3.05) is 6.61 Å². The average Bonchev–Trinajstić information content (AvgIpc) is 2.25. The lowest BCUT2D eigenvalue weighted by atomic mass is 10.0. The highest BCUT2D eigenvalue weighted by Gasteiger charge is 2.20. The Morgan fingerprint density at radius 2 is 1.82 bits per heavy atom. The normalized spacial score (nSPS) is 12.5. The number of phenolic OH excluding ortho intramolecular Hbond substituents is 2. The molecule has 1 atom stereocenters. The lowest BCUT2D eigenvalue weighted by Gasteiger charge is -2.20. The van der Waals surface area contributed by atoms with E-state index in [-0.39, 0.29) is 29.6 Å². The van der Waals surface area contributed by atoms with Gasteiger partial charge in [0.25, 0.3) is 5.91 Å². The van der Waals surface area contributed by atoms with Gasteiger partial charge in [0.2, 0.25) is 0 Å². The van der Waals surface area contributed by atoms with Gasteiger partial charge in [-0.1, -0.05) is 19.9 Å². The van der Waals surface area contributed by atoms with Gasteiger partial charge in [-0.25, -0.2) is 0 Å². The number of hydrogen-bond acceptors (Lipinski definition) is 4. The maximum Gasteiger partial charge on any atom is 0.259 e. The molecular weight excluding hydrogens is 222 g/mol. The van der Waals surface area contributed by atoms with E-state index < -0.39 is 11.9 Å². The zero-order valence-electron chi connectivity index (χ0n) is 9.84. The third kappa shape index (κ3) is 3.10. The van der Waals surface area contributed by atoms with Crippen LogP contribution in [0.3, 0.4) is 0 Å². The minimum atomic E-state index is -0.603. The summed E-state index contributed by atoms with van der Waals surface area (Å²) in [5.41, 5.74) is -0.174. The molecule has 4 N–H and O–H groups in total. The van der Waals surface area contributed by atoms with E-state index in [0.717, 1.165) is 0 Å². The van der Waals surface area contributed by atoms with E-state index in [1.807, 2.05) is 13.8 Å². The Balaban J connectivity index is 2.90. The van der Waals surface area contributed by atoms with E-state index >= 15 is 0 Å².